The van der Waals surface area contributed by atoms with Crippen LogP contribution in [0.2, 0.25) is 0 Å². The van der Waals surface area contributed by atoms with Gasteiger partial charge in [-0.05, 0) is 43.0 Å². The van der Waals surface area contributed by atoms with E-state index in [1.807, 2.05) is 0 Å². The lowest BCUT2D eigenvalue weighted by Gasteiger charge is -2.26. The van der Waals surface area contributed by atoms with Gasteiger partial charge in [0.15, 0.2) is 0 Å². The van der Waals surface area contributed by atoms with E-state index in [0.29, 0.717) is 12.1 Å². The second-order valence-corrected chi connectivity index (χ2v) is 6.39. The normalized spacial score (nSPS) is 22.4. The molecule has 2 heterocycles. The van der Waals surface area contributed by atoms with E-state index in [-0.39, 0.29) is 0 Å². The molecule has 1 saturated carbocycles. The van der Waals surface area contributed by atoms with Gasteiger partial charge in [-0.3, -0.25) is 4.68 Å². The minimum atomic E-state index is 0.418. The molecule has 0 bridgehead atoms. The summed E-state index contributed by atoms with van der Waals surface area (Å²) in [5, 5.41) is 8.49. The summed E-state index contributed by atoms with van der Waals surface area (Å²) in [4.78, 5) is 0. The number of nitrogens with zero attached hydrogens (tertiary/aromatic N) is 2. The highest BCUT2D eigenvalue weighted by Crippen LogP contribution is 2.30. The smallest absolute Gasteiger partial charge is 0.0643 e. The Bertz CT molecular complexity index is 610. The maximum absolute atomic E-state index is 4.84. The number of nitrogens with one attached hydrogen (secondary N) is 1. The third kappa shape index (κ3) is 2.62. The molecule has 2 aliphatic rings. The summed E-state index contributed by atoms with van der Waals surface area (Å²) in [5.74, 6) is 0. The predicted octanol–water partition coefficient (Wildman–Crippen LogP) is 3.43. The fourth-order valence-corrected chi connectivity index (χ4v) is 3.84. The molecule has 1 aromatic carbocycles. The van der Waals surface area contributed by atoms with Gasteiger partial charge in [0.1, 0.15) is 0 Å². The van der Waals surface area contributed by atoms with Gasteiger partial charge < -0.3 is 5.32 Å². The molecule has 0 radical (unpaired) electrons. The Hall–Kier alpha value is -1.61. The molecule has 1 N–H and O–H groups in total. The molecular formula is C18H23N3. The van der Waals surface area contributed by atoms with Gasteiger partial charge in [0.2, 0.25) is 0 Å². The Kier molecular flexibility index (Phi) is 3.52. The average Bonchev–Trinajstić information content (AvgIpc) is 3.18. The van der Waals surface area contributed by atoms with Crippen LogP contribution in [0.1, 0.15) is 54.6 Å². The van der Waals surface area contributed by atoms with E-state index in [2.05, 4.69) is 46.5 Å². The van der Waals surface area contributed by atoms with Gasteiger partial charge in [-0.25, -0.2) is 0 Å². The van der Waals surface area contributed by atoms with E-state index < -0.39 is 0 Å². The van der Waals surface area contributed by atoms with Crippen molar-refractivity contribution in [3.63, 3.8) is 0 Å². The van der Waals surface area contributed by atoms with Crippen LogP contribution in [0.15, 0.2) is 36.5 Å². The van der Waals surface area contributed by atoms with Crippen LogP contribution >= 0.6 is 0 Å². The van der Waals surface area contributed by atoms with Crippen molar-refractivity contribution in [1.29, 1.82) is 0 Å². The predicted molar refractivity (Wildman–Crippen MR) is 84.3 cm³/mol. The van der Waals surface area contributed by atoms with E-state index in [9.17, 15) is 0 Å². The third-order valence-electron chi connectivity index (χ3n) is 4.99. The molecule has 1 unspecified atom stereocenters. The fourth-order valence-electron chi connectivity index (χ4n) is 3.84. The van der Waals surface area contributed by atoms with E-state index in [0.717, 1.165) is 19.4 Å². The van der Waals surface area contributed by atoms with E-state index >= 15 is 0 Å². The first-order valence-corrected chi connectivity index (χ1v) is 8.25. The first-order valence-electron chi connectivity index (χ1n) is 8.25. The zero-order valence-corrected chi connectivity index (χ0v) is 12.5. The van der Waals surface area contributed by atoms with Crippen LogP contribution in [0.25, 0.3) is 0 Å². The van der Waals surface area contributed by atoms with E-state index in [1.54, 1.807) is 0 Å². The molecule has 1 aliphatic heterocycles. The Labute approximate surface area is 126 Å². The molecule has 0 amide bonds. The summed E-state index contributed by atoms with van der Waals surface area (Å²) in [7, 11) is 0. The minimum absolute atomic E-state index is 0.418. The lowest BCUT2D eigenvalue weighted by Crippen LogP contribution is -2.31. The molecule has 2 aromatic rings. The van der Waals surface area contributed by atoms with Crippen LogP contribution in [0, 0.1) is 0 Å². The summed E-state index contributed by atoms with van der Waals surface area (Å²) in [6, 6.07) is 12.1. The largest absolute Gasteiger partial charge is 0.309 e. The quantitative estimate of drug-likeness (QED) is 0.934. The lowest BCUT2D eigenvalue weighted by atomic mass is 9.92. The van der Waals surface area contributed by atoms with Gasteiger partial charge in [-0.15, -0.1) is 0 Å². The Morgan fingerprint density at radius 1 is 1.14 bits per heavy atom. The maximum Gasteiger partial charge on any atom is 0.0643 e. The number of fused-ring (bicyclic) bond motifs is 1. The first-order chi connectivity index (χ1) is 10.4. The van der Waals surface area contributed by atoms with Crippen molar-refractivity contribution in [3.05, 3.63) is 53.3 Å². The standard InChI is InChI=1S/C18H23N3/c1-4-8-17-14(5-1)9-11-19-18(17)13-15-10-12-21(20-15)16-6-2-3-7-16/h1,4-5,8,10,12,16,18-19H,2-3,6-7,9,11,13H2. The highest BCUT2D eigenvalue weighted by molar-refractivity contribution is 5.33. The van der Waals surface area contributed by atoms with Crippen molar-refractivity contribution in [2.75, 3.05) is 6.54 Å². The molecule has 3 heteroatoms. The molecule has 1 atom stereocenters. The van der Waals surface area contributed by atoms with Gasteiger partial charge in [0.05, 0.1) is 11.7 Å². The number of hydrogen-bond acceptors (Lipinski definition) is 2. The van der Waals surface area contributed by atoms with Crippen molar-refractivity contribution in [1.82, 2.24) is 15.1 Å². The minimum Gasteiger partial charge on any atom is -0.309 e. The Balaban J connectivity index is 1.51. The summed E-state index contributed by atoms with van der Waals surface area (Å²) < 4.78 is 2.21. The SMILES string of the molecule is c1ccc2c(c1)CCNC2Cc1ccn(C2CCCC2)n1. The fraction of sp³-hybridized carbons (Fsp3) is 0.500. The molecule has 110 valence electrons. The van der Waals surface area contributed by atoms with Crippen molar-refractivity contribution < 1.29 is 0 Å². The van der Waals surface area contributed by atoms with Crippen molar-refractivity contribution in [2.24, 2.45) is 0 Å². The summed E-state index contributed by atoms with van der Waals surface area (Å²) >= 11 is 0. The maximum atomic E-state index is 4.84. The molecule has 4 rings (SSSR count). The molecule has 21 heavy (non-hydrogen) atoms. The number of hydrogen-bond donors (Lipinski definition) is 1. The molecule has 3 nitrogen and oxygen atoms in total. The van der Waals surface area contributed by atoms with Crippen LogP contribution in [0.3, 0.4) is 0 Å². The topological polar surface area (TPSA) is 29.9 Å². The second kappa shape index (κ2) is 5.64. The van der Waals surface area contributed by atoms with E-state index in [4.69, 9.17) is 5.10 Å². The highest BCUT2D eigenvalue weighted by atomic mass is 15.3. The summed E-state index contributed by atoms with van der Waals surface area (Å²) in [6.45, 7) is 1.07. The zero-order valence-electron chi connectivity index (χ0n) is 12.5. The monoisotopic (exact) mass is 281 g/mol. The van der Waals surface area contributed by atoms with Gasteiger partial charge in [0.25, 0.3) is 0 Å². The number of rotatable bonds is 3. The first kappa shape index (κ1) is 13.1. The lowest BCUT2D eigenvalue weighted by molar-refractivity contribution is 0.453. The molecule has 0 spiro atoms. The van der Waals surface area contributed by atoms with Crippen molar-refractivity contribution >= 4 is 0 Å². The van der Waals surface area contributed by atoms with Gasteiger partial charge in [0, 0.05) is 18.7 Å². The third-order valence-corrected chi connectivity index (χ3v) is 4.99. The second-order valence-electron chi connectivity index (χ2n) is 6.39. The van der Waals surface area contributed by atoms with Gasteiger partial charge >= 0.3 is 0 Å². The van der Waals surface area contributed by atoms with Gasteiger partial charge in [-0.1, -0.05) is 37.1 Å². The van der Waals surface area contributed by atoms with Crippen LogP contribution in [0.4, 0.5) is 0 Å². The van der Waals surface area contributed by atoms with Crippen LogP contribution in [-0.2, 0) is 12.8 Å². The summed E-state index contributed by atoms with van der Waals surface area (Å²) in [6.07, 6.45) is 9.63. The molecule has 0 saturated heterocycles. The molecule has 1 fully saturated rings. The van der Waals surface area contributed by atoms with Crippen LogP contribution in [-0.4, -0.2) is 16.3 Å². The van der Waals surface area contributed by atoms with Crippen LogP contribution in [0.5, 0.6) is 0 Å². The van der Waals surface area contributed by atoms with E-state index in [1.165, 1.54) is 42.5 Å². The zero-order chi connectivity index (χ0) is 14.1. The molecule has 1 aliphatic carbocycles. The van der Waals surface area contributed by atoms with Crippen LogP contribution < -0.4 is 5.32 Å². The summed E-state index contributed by atoms with van der Waals surface area (Å²) in [5.41, 5.74) is 4.17. The van der Waals surface area contributed by atoms with Crippen molar-refractivity contribution in [3.8, 4) is 0 Å². The highest BCUT2D eigenvalue weighted by Gasteiger charge is 2.22. The molecule has 1 aromatic heterocycles. The number of benzene rings is 1. The molecular weight excluding hydrogens is 258 g/mol. The Morgan fingerprint density at radius 2 is 2.00 bits per heavy atom. The number of aromatic nitrogens is 2. The van der Waals surface area contributed by atoms with Crippen molar-refractivity contribution in [2.45, 2.75) is 50.6 Å². The average molecular weight is 281 g/mol. The van der Waals surface area contributed by atoms with Gasteiger partial charge in [-0.2, -0.15) is 5.10 Å². The Morgan fingerprint density at radius 3 is 2.90 bits per heavy atom.